The largest absolute Gasteiger partial charge is 0.325 e. The molecular formula is C18H28N4O2. The number of carbonyl (C=O) groups is 1. The first-order chi connectivity index (χ1) is 11.9. The summed E-state index contributed by atoms with van der Waals surface area (Å²) in [5.41, 5.74) is 4.22. The number of hydrazine groups is 1. The monoisotopic (exact) mass is 332 g/mol. The number of hydrogen-bond acceptors (Lipinski definition) is 5. The lowest BCUT2D eigenvalue weighted by Gasteiger charge is -2.44. The van der Waals surface area contributed by atoms with Crippen molar-refractivity contribution in [3.63, 3.8) is 0 Å². The predicted molar refractivity (Wildman–Crippen MR) is 92.5 cm³/mol. The zero-order chi connectivity index (χ0) is 16.6. The van der Waals surface area contributed by atoms with Gasteiger partial charge in [0.15, 0.2) is 0 Å². The summed E-state index contributed by atoms with van der Waals surface area (Å²) in [7, 11) is 0. The van der Waals surface area contributed by atoms with E-state index in [1.165, 1.54) is 0 Å². The second kappa shape index (κ2) is 9.13. The number of rotatable bonds is 7. The van der Waals surface area contributed by atoms with E-state index >= 15 is 0 Å². The minimum absolute atomic E-state index is 0.0788. The third-order valence-corrected chi connectivity index (χ3v) is 4.93. The first kappa shape index (κ1) is 17.4. The van der Waals surface area contributed by atoms with Crippen LogP contribution in [0.15, 0.2) is 30.3 Å². The maximum atomic E-state index is 11.8. The van der Waals surface area contributed by atoms with Crippen LogP contribution in [0.1, 0.15) is 37.7 Å². The second-order valence-corrected chi connectivity index (χ2v) is 6.57. The summed E-state index contributed by atoms with van der Waals surface area (Å²) >= 11 is 0. The van der Waals surface area contributed by atoms with Crippen LogP contribution in [-0.4, -0.2) is 48.2 Å². The zero-order valence-electron chi connectivity index (χ0n) is 14.2. The molecule has 0 bridgehead atoms. The number of benzene rings is 1. The Morgan fingerprint density at radius 2 is 2.00 bits per heavy atom. The Morgan fingerprint density at radius 3 is 2.75 bits per heavy atom. The summed E-state index contributed by atoms with van der Waals surface area (Å²) in [6, 6.07) is 10.4. The lowest BCUT2D eigenvalue weighted by Crippen LogP contribution is -2.59. The van der Waals surface area contributed by atoms with Crippen LogP contribution in [0.4, 0.5) is 0 Å². The molecule has 2 saturated heterocycles. The van der Waals surface area contributed by atoms with Gasteiger partial charge in [0.05, 0.1) is 12.8 Å². The van der Waals surface area contributed by atoms with Crippen molar-refractivity contribution in [3.05, 3.63) is 35.9 Å². The molecular weight excluding hydrogens is 304 g/mol. The molecule has 24 heavy (non-hydrogen) atoms. The Balaban J connectivity index is 1.56. The van der Waals surface area contributed by atoms with E-state index < -0.39 is 0 Å². The van der Waals surface area contributed by atoms with Gasteiger partial charge < -0.3 is 10.2 Å². The predicted octanol–water partition coefficient (Wildman–Crippen LogP) is 1.65. The van der Waals surface area contributed by atoms with Crippen molar-refractivity contribution in [2.24, 2.45) is 0 Å². The van der Waals surface area contributed by atoms with Gasteiger partial charge in [-0.1, -0.05) is 30.3 Å². The van der Waals surface area contributed by atoms with Crippen molar-refractivity contribution in [1.82, 2.24) is 20.8 Å². The molecule has 1 aromatic carbocycles. The lowest BCUT2D eigenvalue weighted by molar-refractivity contribution is -0.165. The molecule has 1 amide bonds. The van der Waals surface area contributed by atoms with Crippen molar-refractivity contribution in [2.75, 3.05) is 19.6 Å². The number of piperidine rings is 2. The molecule has 1 atom stereocenters. The Kier molecular flexibility index (Phi) is 6.60. The van der Waals surface area contributed by atoms with Crippen LogP contribution in [0, 0.1) is 0 Å². The van der Waals surface area contributed by atoms with Crippen LogP contribution >= 0.6 is 0 Å². The Bertz CT molecular complexity index is 493. The fourth-order valence-electron chi connectivity index (χ4n) is 3.61. The molecule has 2 aliphatic rings. The first-order valence-corrected chi connectivity index (χ1v) is 9.00. The highest BCUT2D eigenvalue weighted by Crippen LogP contribution is 2.22. The van der Waals surface area contributed by atoms with Gasteiger partial charge in [-0.3, -0.25) is 9.63 Å². The number of amides is 1. The highest BCUT2D eigenvalue weighted by Gasteiger charge is 2.32. The van der Waals surface area contributed by atoms with Crippen molar-refractivity contribution < 1.29 is 9.63 Å². The average molecular weight is 332 g/mol. The quantitative estimate of drug-likeness (QED) is 0.587. The Hall–Kier alpha value is -1.47. The highest BCUT2D eigenvalue weighted by atomic mass is 16.7. The molecule has 0 radical (unpaired) electrons. The van der Waals surface area contributed by atoms with E-state index in [0.717, 1.165) is 63.7 Å². The fourth-order valence-corrected chi connectivity index (χ4v) is 3.61. The van der Waals surface area contributed by atoms with Crippen molar-refractivity contribution in [3.8, 4) is 0 Å². The lowest BCUT2D eigenvalue weighted by atomic mass is 10.0. The molecule has 0 aliphatic carbocycles. The van der Waals surface area contributed by atoms with E-state index in [2.05, 4.69) is 15.9 Å². The van der Waals surface area contributed by atoms with Gasteiger partial charge in [0.25, 0.3) is 0 Å². The molecule has 2 aliphatic heterocycles. The average Bonchev–Trinajstić information content (AvgIpc) is 2.65. The molecule has 2 N–H and O–H groups in total. The van der Waals surface area contributed by atoms with Gasteiger partial charge in [-0.25, -0.2) is 0 Å². The van der Waals surface area contributed by atoms with E-state index in [1.807, 2.05) is 35.2 Å². The van der Waals surface area contributed by atoms with Gasteiger partial charge in [0.2, 0.25) is 6.41 Å². The van der Waals surface area contributed by atoms with Crippen molar-refractivity contribution in [2.45, 2.75) is 50.9 Å². The van der Waals surface area contributed by atoms with E-state index in [1.54, 1.807) is 0 Å². The maximum absolute atomic E-state index is 11.8. The summed E-state index contributed by atoms with van der Waals surface area (Å²) in [4.78, 5) is 19.4. The van der Waals surface area contributed by atoms with Gasteiger partial charge in [-0.15, -0.1) is 5.59 Å². The summed E-state index contributed by atoms with van der Waals surface area (Å²) < 4.78 is 0. The molecule has 132 valence electrons. The van der Waals surface area contributed by atoms with E-state index in [-0.39, 0.29) is 6.17 Å². The third-order valence-electron chi connectivity index (χ3n) is 4.93. The van der Waals surface area contributed by atoms with Gasteiger partial charge in [-0.05, 0) is 50.8 Å². The van der Waals surface area contributed by atoms with Crippen LogP contribution in [0.2, 0.25) is 0 Å². The molecule has 2 heterocycles. The summed E-state index contributed by atoms with van der Waals surface area (Å²) in [5, 5.41) is 5.45. The summed E-state index contributed by atoms with van der Waals surface area (Å²) in [6.07, 6.45) is 6.41. The molecule has 2 fully saturated rings. The third kappa shape index (κ3) is 4.54. The van der Waals surface area contributed by atoms with Crippen LogP contribution in [-0.2, 0) is 16.2 Å². The Morgan fingerprint density at radius 1 is 1.21 bits per heavy atom. The number of nitrogens with zero attached hydrogens (tertiary/aromatic N) is 2. The van der Waals surface area contributed by atoms with Gasteiger partial charge in [-0.2, -0.15) is 5.01 Å². The maximum Gasteiger partial charge on any atom is 0.211 e. The molecule has 0 saturated carbocycles. The zero-order valence-corrected chi connectivity index (χ0v) is 14.2. The molecule has 6 heteroatoms. The molecule has 0 aromatic heterocycles. The van der Waals surface area contributed by atoms with Gasteiger partial charge in [0.1, 0.15) is 0 Å². The normalized spacial score (nSPS) is 23.1. The van der Waals surface area contributed by atoms with Gasteiger partial charge in [0, 0.05) is 12.6 Å². The van der Waals surface area contributed by atoms with E-state index in [9.17, 15) is 4.79 Å². The van der Waals surface area contributed by atoms with E-state index in [0.29, 0.717) is 12.6 Å². The topological polar surface area (TPSA) is 56.8 Å². The molecule has 0 spiro atoms. The number of carbonyl (C=O) groups excluding carboxylic acids is 1. The number of hydrogen-bond donors (Lipinski definition) is 2. The molecule has 1 aromatic rings. The van der Waals surface area contributed by atoms with Crippen LogP contribution in [0.3, 0.4) is 0 Å². The molecule has 6 nitrogen and oxygen atoms in total. The minimum Gasteiger partial charge on any atom is -0.325 e. The molecule has 3 rings (SSSR count). The van der Waals surface area contributed by atoms with Crippen molar-refractivity contribution >= 4 is 6.41 Å². The van der Waals surface area contributed by atoms with Crippen LogP contribution in [0.25, 0.3) is 0 Å². The van der Waals surface area contributed by atoms with Crippen LogP contribution in [0.5, 0.6) is 0 Å². The Labute approximate surface area is 144 Å². The van der Waals surface area contributed by atoms with Crippen LogP contribution < -0.4 is 10.9 Å². The first-order valence-electron chi connectivity index (χ1n) is 9.00. The minimum atomic E-state index is 0.0788. The highest BCUT2D eigenvalue weighted by molar-refractivity contribution is 5.48. The fraction of sp³-hybridized carbons (Fsp3) is 0.611. The van der Waals surface area contributed by atoms with E-state index in [4.69, 9.17) is 4.84 Å². The standard InChI is InChI=1S/C18H28N4O2/c23-15-21(17-9-11-19-12-10-17)18-8-4-5-13-22(18)20-24-14-16-6-2-1-3-7-16/h1-3,6-7,15,17-20H,4-5,8-14H2/t18-/m0/s1. The summed E-state index contributed by atoms with van der Waals surface area (Å²) in [6.45, 7) is 3.38. The van der Waals surface area contributed by atoms with Gasteiger partial charge >= 0.3 is 0 Å². The number of nitrogens with one attached hydrogen (secondary N) is 2. The SMILES string of the molecule is O=CN(C1CCNCC1)[C@@H]1CCCCN1NOCc1ccccc1. The second-order valence-electron chi connectivity index (χ2n) is 6.57. The van der Waals surface area contributed by atoms with Crippen molar-refractivity contribution in [1.29, 1.82) is 0 Å². The smallest absolute Gasteiger partial charge is 0.211 e. The summed E-state index contributed by atoms with van der Waals surface area (Å²) in [5.74, 6) is 0. The molecule has 0 unspecified atom stereocenters.